The van der Waals surface area contributed by atoms with E-state index in [0.29, 0.717) is 5.75 Å². The van der Waals surface area contributed by atoms with Gasteiger partial charge in [0.05, 0.1) is 12.0 Å². The maximum absolute atomic E-state index is 12.6. The Kier molecular flexibility index (Phi) is 5.73. The van der Waals surface area contributed by atoms with Crippen molar-refractivity contribution >= 4 is 22.7 Å². The normalized spacial score (nSPS) is 13.1. The molecular weight excluding hydrogens is 330 g/mol. The van der Waals surface area contributed by atoms with Crippen LogP contribution in [0.4, 0.5) is 0 Å². The second kappa shape index (κ2) is 7.38. The Labute approximate surface area is 143 Å². The van der Waals surface area contributed by atoms with Crippen LogP contribution in [-0.4, -0.2) is 38.7 Å². The van der Waals surface area contributed by atoms with E-state index < -0.39 is 10.0 Å². The van der Waals surface area contributed by atoms with Gasteiger partial charge in [-0.05, 0) is 42.3 Å². The zero-order valence-corrected chi connectivity index (χ0v) is 15.1. The Morgan fingerprint density at radius 1 is 1.13 bits per heavy atom. The third-order valence-corrected chi connectivity index (χ3v) is 6.33. The number of ether oxygens (including phenoxy) is 1. The minimum atomic E-state index is -3.50. The van der Waals surface area contributed by atoms with Crippen LogP contribution in [0.5, 0.6) is 5.75 Å². The highest BCUT2D eigenvalue weighted by molar-refractivity contribution is 7.89. The van der Waals surface area contributed by atoms with Crippen LogP contribution in [0.1, 0.15) is 6.92 Å². The van der Waals surface area contributed by atoms with Crippen LogP contribution >= 0.6 is 12.6 Å². The summed E-state index contributed by atoms with van der Waals surface area (Å²) in [4.78, 5) is 0.278. The highest BCUT2D eigenvalue weighted by Crippen LogP contribution is 2.26. The van der Waals surface area contributed by atoms with Crippen LogP contribution in [0, 0.1) is 0 Å². The molecule has 0 aliphatic rings. The molecule has 0 saturated carbocycles. The highest BCUT2D eigenvalue weighted by atomic mass is 32.2. The van der Waals surface area contributed by atoms with Gasteiger partial charge in [0.2, 0.25) is 10.0 Å². The largest absolute Gasteiger partial charge is 0.497 e. The molecule has 0 fully saturated rings. The summed E-state index contributed by atoms with van der Waals surface area (Å²) >= 11 is 4.16. The van der Waals surface area contributed by atoms with Gasteiger partial charge in [-0.25, -0.2) is 8.42 Å². The molecule has 6 heteroatoms. The van der Waals surface area contributed by atoms with Gasteiger partial charge in [0.15, 0.2) is 0 Å². The van der Waals surface area contributed by atoms with Crippen LogP contribution in [0.3, 0.4) is 0 Å². The lowest BCUT2D eigenvalue weighted by Gasteiger charge is -2.22. The van der Waals surface area contributed by atoms with Crippen molar-refractivity contribution in [3.05, 3.63) is 48.5 Å². The number of sulfonamides is 1. The smallest absolute Gasteiger partial charge is 0.243 e. The lowest BCUT2D eigenvalue weighted by atomic mass is 10.1. The Balaban J connectivity index is 2.32. The maximum Gasteiger partial charge on any atom is 0.243 e. The van der Waals surface area contributed by atoms with Gasteiger partial charge < -0.3 is 4.74 Å². The van der Waals surface area contributed by atoms with Crippen molar-refractivity contribution < 1.29 is 13.2 Å². The molecule has 0 N–H and O–H groups in total. The maximum atomic E-state index is 12.6. The van der Waals surface area contributed by atoms with Crippen LogP contribution in [0.15, 0.2) is 53.4 Å². The van der Waals surface area contributed by atoms with Crippen LogP contribution in [0.2, 0.25) is 0 Å². The number of benzene rings is 2. The Bertz CT molecular complexity index is 758. The molecule has 0 amide bonds. The second-order valence-corrected chi connectivity index (χ2v) is 7.67. The van der Waals surface area contributed by atoms with Crippen LogP contribution in [-0.2, 0) is 10.0 Å². The van der Waals surface area contributed by atoms with E-state index >= 15 is 0 Å². The van der Waals surface area contributed by atoms with E-state index in [0.717, 1.165) is 16.9 Å². The summed E-state index contributed by atoms with van der Waals surface area (Å²) in [7, 11) is -0.308. The molecule has 124 valence electrons. The summed E-state index contributed by atoms with van der Waals surface area (Å²) < 4.78 is 31.7. The summed E-state index contributed by atoms with van der Waals surface area (Å²) in [5.41, 5.74) is 1.91. The zero-order chi connectivity index (χ0) is 17.0. The van der Waals surface area contributed by atoms with Gasteiger partial charge in [0.1, 0.15) is 5.75 Å². The molecule has 1 unspecified atom stereocenters. The lowest BCUT2D eigenvalue weighted by molar-refractivity contribution is 0.415. The number of rotatable bonds is 6. The summed E-state index contributed by atoms with van der Waals surface area (Å²) in [5.74, 6) is 1.24. The molecule has 2 aromatic carbocycles. The van der Waals surface area contributed by atoms with Crippen molar-refractivity contribution in [3.63, 3.8) is 0 Å². The molecule has 0 aliphatic carbocycles. The summed E-state index contributed by atoms with van der Waals surface area (Å²) in [6.07, 6.45) is 0. The number of hydrogen-bond acceptors (Lipinski definition) is 4. The summed E-state index contributed by atoms with van der Waals surface area (Å²) in [6, 6.07) is 14.4. The molecule has 0 bridgehead atoms. The van der Waals surface area contributed by atoms with Gasteiger partial charge in [-0.2, -0.15) is 16.9 Å². The van der Waals surface area contributed by atoms with E-state index in [1.807, 2.05) is 31.2 Å². The van der Waals surface area contributed by atoms with Gasteiger partial charge in [-0.15, -0.1) is 0 Å². The Hall–Kier alpha value is -1.50. The fourth-order valence-corrected chi connectivity index (χ4v) is 3.86. The average molecular weight is 351 g/mol. The molecule has 0 heterocycles. The van der Waals surface area contributed by atoms with Crippen LogP contribution in [0.25, 0.3) is 11.1 Å². The average Bonchev–Trinajstić information content (AvgIpc) is 2.60. The fourth-order valence-electron chi connectivity index (χ4n) is 2.14. The second-order valence-electron chi connectivity index (χ2n) is 5.31. The molecule has 0 saturated heterocycles. The number of thiol groups is 1. The topological polar surface area (TPSA) is 46.6 Å². The number of nitrogens with zero attached hydrogens (tertiary/aromatic N) is 1. The quantitative estimate of drug-likeness (QED) is 0.812. The van der Waals surface area contributed by atoms with E-state index in [1.165, 1.54) is 4.31 Å². The zero-order valence-electron chi connectivity index (χ0n) is 13.4. The first-order chi connectivity index (χ1) is 10.9. The van der Waals surface area contributed by atoms with Crippen molar-refractivity contribution in [1.29, 1.82) is 0 Å². The summed E-state index contributed by atoms with van der Waals surface area (Å²) in [6.45, 7) is 1.83. The molecule has 23 heavy (non-hydrogen) atoms. The fraction of sp³-hybridized carbons (Fsp3) is 0.294. The number of hydrogen-bond donors (Lipinski definition) is 1. The molecule has 2 aromatic rings. The predicted molar refractivity (Wildman–Crippen MR) is 96.7 cm³/mol. The molecule has 2 rings (SSSR count). The van der Waals surface area contributed by atoms with Crippen LogP contribution < -0.4 is 4.74 Å². The predicted octanol–water partition coefficient (Wildman–Crippen LogP) is 3.30. The lowest BCUT2D eigenvalue weighted by Crippen LogP contribution is -2.36. The first-order valence-corrected chi connectivity index (χ1v) is 9.30. The van der Waals surface area contributed by atoms with E-state index in [1.54, 1.807) is 38.4 Å². The summed E-state index contributed by atoms with van der Waals surface area (Å²) in [5, 5.41) is 0. The molecule has 0 spiro atoms. The standard InChI is InChI=1S/C17H21NO3S2/c1-13(12-22)18(2)23(19,20)17-9-7-14(8-10-17)15-5-4-6-16(11-15)21-3/h4-11,13,22H,12H2,1-3H3. The Morgan fingerprint density at radius 3 is 2.35 bits per heavy atom. The van der Waals surface area contributed by atoms with Gasteiger partial charge in [0, 0.05) is 18.8 Å². The van der Waals surface area contributed by atoms with Crippen molar-refractivity contribution in [2.24, 2.45) is 0 Å². The van der Waals surface area contributed by atoms with E-state index in [9.17, 15) is 8.42 Å². The van der Waals surface area contributed by atoms with E-state index in [2.05, 4.69) is 12.6 Å². The SMILES string of the molecule is COc1cccc(-c2ccc(S(=O)(=O)N(C)C(C)CS)cc2)c1. The van der Waals surface area contributed by atoms with Crippen molar-refractivity contribution in [1.82, 2.24) is 4.31 Å². The molecule has 4 nitrogen and oxygen atoms in total. The van der Waals surface area contributed by atoms with Gasteiger partial charge in [-0.1, -0.05) is 24.3 Å². The first-order valence-electron chi connectivity index (χ1n) is 7.23. The van der Waals surface area contributed by atoms with Crippen molar-refractivity contribution in [3.8, 4) is 16.9 Å². The van der Waals surface area contributed by atoms with Crippen molar-refractivity contribution in [2.45, 2.75) is 17.9 Å². The van der Waals surface area contributed by atoms with E-state index in [-0.39, 0.29) is 10.9 Å². The third-order valence-electron chi connectivity index (χ3n) is 3.82. The molecule has 0 radical (unpaired) electrons. The minimum absolute atomic E-state index is 0.165. The first kappa shape index (κ1) is 17.8. The van der Waals surface area contributed by atoms with Gasteiger partial charge >= 0.3 is 0 Å². The van der Waals surface area contributed by atoms with Crippen molar-refractivity contribution in [2.75, 3.05) is 19.9 Å². The molecule has 0 aromatic heterocycles. The minimum Gasteiger partial charge on any atom is -0.497 e. The third kappa shape index (κ3) is 3.88. The van der Waals surface area contributed by atoms with Gasteiger partial charge in [0.25, 0.3) is 0 Å². The molecule has 1 atom stereocenters. The molecular formula is C17H21NO3S2. The Morgan fingerprint density at radius 2 is 1.78 bits per heavy atom. The molecule has 0 aliphatic heterocycles. The van der Waals surface area contributed by atoms with Gasteiger partial charge in [-0.3, -0.25) is 0 Å². The van der Waals surface area contributed by atoms with E-state index in [4.69, 9.17) is 4.74 Å². The number of methoxy groups -OCH3 is 1. The highest BCUT2D eigenvalue weighted by Gasteiger charge is 2.24. The monoisotopic (exact) mass is 351 g/mol.